The lowest BCUT2D eigenvalue weighted by molar-refractivity contribution is 0.00687. The van der Waals surface area contributed by atoms with E-state index >= 15 is 0 Å². The van der Waals surface area contributed by atoms with E-state index in [2.05, 4.69) is 5.32 Å². The second-order valence-corrected chi connectivity index (χ2v) is 5.69. The average Bonchev–Trinajstić information content (AvgIpc) is 2.38. The Kier molecular flexibility index (Phi) is 4.22. The van der Waals surface area contributed by atoms with Crippen molar-refractivity contribution in [2.75, 3.05) is 19.7 Å². The summed E-state index contributed by atoms with van der Waals surface area (Å²) in [5.74, 6) is -0.290. The monoisotopic (exact) mass is 263 g/mol. The molecule has 4 nitrogen and oxygen atoms in total. The van der Waals surface area contributed by atoms with Crippen LogP contribution in [0, 0.1) is 0 Å². The van der Waals surface area contributed by atoms with Crippen molar-refractivity contribution in [1.82, 2.24) is 5.32 Å². The summed E-state index contributed by atoms with van der Waals surface area (Å²) in [4.78, 5) is 11.9. The SMILES string of the molecule is CC(C)(C)OC(=O)c1ccc([C@H]2CNCCO2)cc1. The number of esters is 1. The van der Waals surface area contributed by atoms with E-state index in [1.807, 2.05) is 32.9 Å². The first-order valence-corrected chi connectivity index (χ1v) is 6.61. The summed E-state index contributed by atoms with van der Waals surface area (Å²) in [6.45, 7) is 8.01. The lowest BCUT2D eigenvalue weighted by Crippen LogP contribution is -2.33. The highest BCUT2D eigenvalue weighted by Crippen LogP contribution is 2.20. The van der Waals surface area contributed by atoms with Crippen LogP contribution in [0.2, 0.25) is 0 Å². The molecule has 1 fully saturated rings. The van der Waals surface area contributed by atoms with Gasteiger partial charge >= 0.3 is 5.97 Å². The van der Waals surface area contributed by atoms with Gasteiger partial charge in [-0.3, -0.25) is 0 Å². The molecule has 0 spiro atoms. The van der Waals surface area contributed by atoms with Crippen LogP contribution >= 0.6 is 0 Å². The van der Waals surface area contributed by atoms with E-state index in [1.165, 1.54) is 0 Å². The lowest BCUT2D eigenvalue weighted by Gasteiger charge is -2.24. The van der Waals surface area contributed by atoms with Gasteiger partial charge in [-0.05, 0) is 38.5 Å². The molecule has 19 heavy (non-hydrogen) atoms. The second-order valence-electron chi connectivity index (χ2n) is 5.69. The first-order chi connectivity index (χ1) is 8.96. The fourth-order valence-corrected chi connectivity index (χ4v) is 1.95. The molecule has 0 saturated carbocycles. The molecule has 1 heterocycles. The van der Waals surface area contributed by atoms with Crippen molar-refractivity contribution in [3.63, 3.8) is 0 Å². The van der Waals surface area contributed by atoms with E-state index in [1.54, 1.807) is 12.1 Å². The lowest BCUT2D eigenvalue weighted by atomic mass is 10.1. The highest BCUT2D eigenvalue weighted by molar-refractivity contribution is 5.89. The van der Waals surface area contributed by atoms with Gasteiger partial charge in [-0.1, -0.05) is 12.1 Å². The van der Waals surface area contributed by atoms with Gasteiger partial charge in [0.05, 0.1) is 18.3 Å². The number of morpholine rings is 1. The van der Waals surface area contributed by atoms with Crippen molar-refractivity contribution >= 4 is 5.97 Å². The number of ether oxygens (including phenoxy) is 2. The van der Waals surface area contributed by atoms with Crippen molar-refractivity contribution in [3.8, 4) is 0 Å². The molecule has 4 heteroatoms. The third-order valence-corrected chi connectivity index (χ3v) is 2.84. The maximum Gasteiger partial charge on any atom is 0.338 e. The second kappa shape index (κ2) is 5.72. The van der Waals surface area contributed by atoms with E-state index in [0.717, 1.165) is 25.3 Å². The predicted molar refractivity (Wildman–Crippen MR) is 73.2 cm³/mol. The molecule has 1 aromatic rings. The molecule has 1 aliphatic heterocycles. The van der Waals surface area contributed by atoms with Gasteiger partial charge in [0.2, 0.25) is 0 Å². The normalized spacial score (nSPS) is 20.1. The van der Waals surface area contributed by atoms with E-state index in [0.29, 0.717) is 5.56 Å². The van der Waals surface area contributed by atoms with Crippen LogP contribution in [-0.2, 0) is 9.47 Å². The summed E-state index contributed by atoms with van der Waals surface area (Å²) in [7, 11) is 0. The Labute approximate surface area is 114 Å². The Morgan fingerprint density at radius 2 is 2.00 bits per heavy atom. The number of hydrogen-bond donors (Lipinski definition) is 1. The number of benzene rings is 1. The van der Waals surface area contributed by atoms with Crippen LogP contribution in [0.25, 0.3) is 0 Å². The Bertz CT molecular complexity index is 428. The minimum absolute atomic E-state index is 0.0708. The van der Waals surface area contributed by atoms with Crippen molar-refractivity contribution in [3.05, 3.63) is 35.4 Å². The molecule has 1 saturated heterocycles. The first kappa shape index (κ1) is 14.0. The minimum atomic E-state index is -0.466. The number of nitrogens with one attached hydrogen (secondary N) is 1. The fourth-order valence-electron chi connectivity index (χ4n) is 1.95. The number of hydrogen-bond acceptors (Lipinski definition) is 4. The molecule has 0 radical (unpaired) electrons. The van der Waals surface area contributed by atoms with Crippen LogP contribution in [0.15, 0.2) is 24.3 Å². The predicted octanol–water partition coefficient (Wildman–Crippen LogP) is 2.30. The molecule has 0 unspecified atom stereocenters. The minimum Gasteiger partial charge on any atom is -0.456 e. The van der Waals surface area contributed by atoms with Crippen molar-refractivity contribution in [2.45, 2.75) is 32.5 Å². The summed E-state index contributed by atoms with van der Waals surface area (Å²) >= 11 is 0. The number of rotatable bonds is 2. The third-order valence-electron chi connectivity index (χ3n) is 2.84. The van der Waals surface area contributed by atoms with Gasteiger partial charge in [0.1, 0.15) is 5.60 Å². The van der Waals surface area contributed by atoms with Gasteiger partial charge in [-0.2, -0.15) is 0 Å². The molecule has 104 valence electrons. The summed E-state index contributed by atoms with van der Waals surface area (Å²) < 4.78 is 11.0. The maximum absolute atomic E-state index is 11.9. The number of carbonyl (C=O) groups excluding carboxylic acids is 1. The smallest absolute Gasteiger partial charge is 0.338 e. The molecular formula is C15H21NO3. The van der Waals surface area contributed by atoms with Gasteiger partial charge in [0.25, 0.3) is 0 Å². The zero-order valence-electron chi connectivity index (χ0n) is 11.7. The molecule has 1 aromatic carbocycles. The summed E-state index contributed by atoms with van der Waals surface area (Å²) in [5.41, 5.74) is 1.19. The molecule has 0 aliphatic carbocycles. The fraction of sp³-hybridized carbons (Fsp3) is 0.533. The van der Waals surface area contributed by atoms with Gasteiger partial charge in [-0.25, -0.2) is 4.79 Å². The zero-order chi connectivity index (χ0) is 13.9. The van der Waals surface area contributed by atoms with Crippen molar-refractivity contribution < 1.29 is 14.3 Å². The summed E-state index contributed by atoms with van der Waals surface area (Å²) in [5, 5.41) is 3.29. The Morgan fingerprint density at radius 3 is 2.53 bits per heavy atom. The van der Waals surface area contributed by atoms with Crippen molar-refractivity contribution in [1.29, 1.82) is 0 Å². The van der Waals surface area contributed by atoms with Gasteiger partial charge in [0.15, 0.2) is 0 Å². The Balaban J connectivity index is 2.03. The Morgan fingerprint density at radius 1 is 1.32 bits per heavy atom. The molecule has 2 rings (SSSR count). The van der Waals surface area contributed by atoms with E-state index in [9.17, 15) is 4.79 Å². The zero-order valence-corrected chi connectivity index (χ0v) is 11.7. The first-order valence-electron chi connectivity index (χ1n) is 6.61. The largest absolute Gasteiger partial charge is 0.456 e. The van der Waals surface area contributed by atoms with Crippen LogP contribution < -0.4 is 5.32 Å². The molecule has 0 aromatic heterocycles. The molecule has 1 atom stereocenters. The quantitative estimate of drug-likeness (QED) is 0.832. The topological polar surface area (TPSA) is 47.6 Å². The summed E-state index contributed by atoms with van der Waals surface area (Å²) in [6, 6.07) is 7.44. The molecule has 0 amide bonds. The number of carbonyl (C=O) groups is 1. The highest BCUT2D eigenvalue weighted by Gasteiger charge is 2.19. The standard InChI is InChI=1S/C15H21NO3/c1-15(2,3)19-14(17)12-6-4-11(5-7-12)13-10-16-8-9-18-13/h4-7,13,16H,8-10H2,1-3H3/t13-/m1/s1. The van der Waals surface area contributed by atoms with E-state index in [4.69, 9.17) is 9.47 Å². The molecule has 0 bridgehead atoms. The van der Waals surface area contributed by atoms with E-state index < -0.39 is 5.60 Å². The van der Waals surface area contributed by atoms with Gasteiger partial charge < -0.3 is 14.8 Å². The third kappa shape index (κ3) is 4.04. The van der Waals surface area contributed by atoms with Crippen LogP contribution in [0.1, 0.15) is 42.8 Å². The van der Waals surface area contributed by atoms with E-state index in [-0.39, 0.29) is 12.1 Å². The molecule has 1 aliphatic rings. The molecule has 1 N–H and O–H groups in total. The van der Waals surface area contributed by atoms with Gasteiger partial charge in [-0.15, -0.1) is 0 Å². The van der Waals surface area contributed by atoms with Crippen LogP contribution in [0.5, 0.6) is 0 Å². The summed E-state index contributed by atoms with van der Waals surface area (Å²) in [6.07, 6.45) is 0.0708. The average molecular weight is 263 g/mol. The van der Waals surface area contributed by atoms with Crippen LogP contribution in [0.4, 0.5) is 0 Å². The highest BCUT2D eigenvalue weighted by atomic mass is 16.6. The van der Waals surface area contributed by atoms with Crippen LogP contribution in [-0.4, -0.2) is 31.3 Å². The van der Waals surface area contributed by atoms with Gasteiger partial charge in [0, 0.05) is 13.1 Å². The van der Waals surface area contributed by atoms with Crippen LogP contribution in [0.3, 0.4) is 0 Å². The van der Waals surface area contributed by atoms with Crippen molar-refractivity contribution in [2.24, 2.45) is 0 Å². The Hall–Kier alpha value is -1.39. The maximum atomic E-state index is 11.9. The molecular weight excluding hydrogens is 242 g/mol.